The van der Waals surface area contributed by atoms with Gasteiger partial charge in [0.25, 0.3) is 10.0 Å². The Labute approximate surface area is 220 Å². The highest BCUT2D eigenvalue weighted by atomic mass is 32.2. The number of nitrogens with zero attached hydrogens (tertiary/aromatic N) is 3. The van der Waals surface area contributed by atoms with E-state index in [1.54, 1.807) is 54.6 Å². The first-order valence-electron chi connectivity index (χ1n) is 12.3. The number of fused-ring (bicyclic) bond motifs is 1. The number of hydrogen-bond donors (Lipinski definition) is 2. The second kappa shape index (κ2) is 10.3. The van der Waals surface area contributed by atoms with E-state index in [0.29, 0.717) is 48.6 Å². The maximum absolute atomic E-state index is 14.2. The van der Waals surface area contributed by atoms with Gasteiger partial charge in [-0.3, -0.25) is 4.72 Å². The first kappa shape index (κ1) is 25.5. The Morgan fingerprint density at radius 3 is 2.32 bits per heavy atom. The van der Waals surface area contributed by atoms with Crippen molar-refractivity contribution in [1.82, 2.24) is 4.98 Å². The molecule has 0 radical (unpaired) electrons. The Morgan fingerprint density at radius 1 is 0.974 bits per heavy atom. The average molecular weight is 535 g/mol. The van der Waals surface area contributed by atoms with Crippen LogP contribution in [0.3, 0.4) is 0 Å². The minimum atomic E-state index is -3.85. The van der Waals surface area contributed by atoms with E-state index >= 15 is 0 Å². The normalized spacial score (nSPS) is 14.1. The van der Waals surface area contributed by atoms with Crippen LogP contribution in [0.15, 0.2) is 77.7 Å². The van der Waals surface area contributed by atoms with E-state index in [0.717, 1.165) is 12.0 Å². The molecule has 38 heavy (non-hydrogen) atoms. The second-order valence-corrected chi connectivity index (χ2v) is 10.8. The van der Waals surface area contributed by atoms with Gasteiger partial charge in [-0.05, 0) is 60.5 Å². The van der Waals surface area contributed by atoms with E-state index in [1.807, 2.05) is 16.7 Å². The van der Waals surface area contributed by atoms with Crippen LogP contribution in [0.4, 0.5) is 21.6 Å². The molecule has 10 heteroatoms. The summed E-state index contributed by atoms with van der Waals surface area (Å²) in [5.74, 6) is -0.909. The predicted molar refractivity (Wildman–Crippen MR) is 146 cm³/mol. The maximum Gasteiger partial charge on any atom is 0.336 e. The number of pyridine rings is 1. The molecular formula is C28H27FN4O4S. The number of carbonyl (C=O) groups is 1. The van der Waals surface area contributed by atoms with Gasteiger partial charge in [-0.25, -0.2) is 22.6 Å². The molecule has 3 aromatic carbocycles. The largest absolute Gasteiger partial charge is 0.478 e. The lowest BCUT2D eigenvalue weighted by molar-refractivity contribution is 0.0699. The van der Waals surface area contributed by atoms with Crippen molar-refractivity contribution in [2.24, 2.45) is 0 Å². The minimum absolute atomic E-state index is 0.0230. The van der Waals surface area contributed by atoms with E-state index in [1.165, 1.54) is 18.2 Å². The number of carboxylic acid groups (broad SMARTS) is 1. The Morgan fingerprint density at radius 2 is 1.66 bits per heavy atom. The molecule has 1 aromatic heterocycles. The van der Waals surface area contributed by atoms with Crippen molar-refractivity contribution in [2.75, 3.05) is 40.7 Å². The van der Waals surface area contributed by atoms with E-state index in [9.17, 15) is 22.7 Å². The SMILES string of the molecule is CCc1ccc(S(=O)(=O)Nc2ccc3nc(N4CCN(c5ccccc5F)CC4)cc(C(=O)O)c3c2)cc1. The average Bonchev–Trinajstić information content (AvgIpc) is 2.92. The highest BCUT2D eigenvalue weighted by molar-refractivity contribution is 7.92. The Kier molecular flexibility index (Phi) is 6.90. The number of anilines is 3. The highest BCUT2D eigenvalue weighted by Crippen LogP contribution is 2.29. The molecule has 8 nitrogen and oxygen atoms in total. The van der Waals surface area contributed by atoms with Crippen LogP contribution in [0.1, 0.15) is 22.8 Å². The maximum atomic E-state index is 14.2. The van der Waals surface area contributed by atoms with Crippen molar-refractivity contribution in [3.63, 3.8) is 0 Å². The lowest BCUT2D eigenvalue weighted by Crippen LogP contribution is -2.47. The lowest BCUT2D eigenvalue weighted by atomic mass is 10.1. The summed E-state index contributed by atoms with van der Waals surface area (Å²) in [4.78, 5) is 20.9. The first-order chi connectivity index (χ1) is 18.2. The standard InChI is InChI=1S/C28H27FN4O4S/c1-2-19-7-10-21(11-8-19)38(36,37)31-20-9-12-25-22(17-20)23(28(34)35)18-27(30-25)33-15-13-32(14-16-33)26-6-4-3-5-24(26)29/h3-12,17-18,31H,2,13-16H2,1H3,(H,34,35). The molecule has 0 spiro atoms. The second-order valence-electron chi connectivity index (χ2n) is 9.09. The molecule has 4 aromatic rings. The first-order valence-corrected chi connectivity index (χ1v) is 13.8. The fraction of sp³-hybridized carbons (Fsp3) is 0.214. The van der Waals surface area contributed by atoms with Crippen LogP contribution < -0.4 is 14.5 Å². The quantitative estimate of drug-likeness (QED) is 0.352. The summed E-state index contributed by atoms with van der Waals surface area (Å²) in [5.41, 5.74) is 2.27. The number of aryl methyl sites for hydroxylation is 1. The van der Waals surface area contributed by atoms with Gasteiger partial charge in [0.1, 0.15) is 11.6 Å². The zero-order chi connectivity index (χ0) is 26.9. The molecule has 5 rings (SSSR count). The van der Waals surface area contributed by atoms with Gasteiger partial charge in [-0.1, -0.05) is 31.2 Å². The van der Waals surface area contributed by atoms with Crippen LogP contribution in [0.5, 0.6) is 0 Å². The van der Waals surface area contributed by atoms with Crippen LogP contribution in [-0.4, -0.2) is 50.7 Å². The minimum Gasteiger partial charge on any atom is -0.478 e. The summed E-state index contributed by atoms with van der Waals surface area (Å²) in [6, 6.07) is 19.4. The van der Waals surface area contributed by atoms with E-state index < -0.39 is 16.0 Å². The van der Waals surface area contributed by atoms with E-state index in [-0.39, 0.29) is 22.0 Å². The zero-order valence-corrected chi connectivity index (χ0v) is 21.6. The van der Waals surface area contributed by atoms with E-state index in [2.05, 4.69) is 9.71 Å². The number of piperazine rings is 1. The number of para-hydroxylation sites is 1. The van der Waals surface area contributed by atoms with Crippen molar-refractivity contribution in [3.05, 3.63) is 89.7 Å². The van der Waals surface area contributed by atoms with Gasteiger partial charge in [0.2, 0.25) is 0 Å². The number of sulfonamides is 1. The number of carboxylic acids is 1. The summed E-state index contributed by atoms with van der Waals surface area (Å²) in [6.07, 6.45) is 0.798. The molecule has 0 unspecified atom stereocenters. The zero-order valence-electron chi connectivity index (χ0n) is 20.8. The number of aromatic nitrogens is 1. The Hall–Kier alpha value is -4.18. The Balaban J connectivity index is 1.40. The number of hydrogen-bond acceptors (Lipinski definition) is 6. The molecule has 1 aliphatic heterocycles. The Bertz CT molecular complexity index is 1600. The molecular weight excluding hydrogens is 507 g/mol. The lowest BCUT2D eigenvalue weighted by Gasteiger charge is -2.37. The summed E-state index contributed by atoms with van der Waals surface area (Å²) < 4.78 is 42.5. The summed E-state index contributed by atoms with van der Waals surface area (Å²) in [6.45, 7) is 4.19. The summed E-state index contributed by atoms with van der Waals surface area (Å²) in [5, 5.41) is 10.3. The molecule has 2 heterocycles. The van der Waals surface area contributed by atoms with Gasteiger partial charge in [0.15, 0.2) is 0 Å². The van der Waals surface area contributed by atoms with Gasteiger partial charge < -0.3 is 14.9 Å². The summed E-state index contributed by atoms with van der Waals surface area (Å²) >= 11 is 0. The number of nitrogens with one attached hydrogen (secondary N) is 1. The van der Waals surface area contributed by atoms with Gasteiger partial charge >= 0.3 is 5.97 Å². The van der Waals surface area contributed by atoms with Crippen molar-refractivity contribution in [3.8, 4) is 0 Å². The smallest absolute Gasteiger partial charge is 0.336 e. The van der Waals surface area contributed by atoms with Crippen LogP contribution in [-0.2, 0) is 16.4 Å². The van der Waals surface area contributed by atoms with Crippen LogP contribution in [0, 0.1) is 5.82 Å². The molecule has 0 amide bonds. The summed E-state index contributed by atoms with van der Waals surface area (Å²) in [7, 11) is -3.85. The highest BCUT2D eigenvalue weighted by Gasteiger charge is 2.23. The van der Waals surface area contributed by atoms with Crippen molar-refractivity contribution in [2.45, 2.75) is 18.2 Å². The third-order valence-electron chi connectivity index (χ3n) is 6.72. The molecule has 2 N–H and O–H groups in total. The van der Waals surface area contributed by atoms with Gasteiger partial charge in [-0.2, -0.15) is 0 Å². The van der Waals surface area contributed by atoms with E-state index in [4.69, 9.17) is 0 Å². The third-order valence-corrected chi connectivity index (χ3v) is 8.11. The van der Waals surface area contributed by atoms with Crippen LogP contribution in [0.25, 0.3) is 10.9 Å². The molecule has 0 aliphatic carbocycles. The molecule has 0 saturated carbocycles. The molecule has 0 atom stereocenters. The van der Waals surface area contributed by atoms with Gasteiger partial charge in [0.05, 0.1) is 21.7 Å². The number of halogens is 1. The third kappa shape index (κ3) is 5.12. The van der Waals surface area contributed by atoms with Crippen molar-refractivity contribution >= 4 is 44.1 Å². The number of aromatic carboxylic acids is 1. The predicted octanol–water partition coefficient (Wildman–Crippen LogP) is 4.76. The molecule has 1 aliphatic rings. The van der Waals surface area contributed by atoms with Crippen LogP contribution in [0.2, 0.25) is 0 Å². The topological polar surface area (TPSA) is 103 Å². The molecule has 0 bridgehead atoms. The van der Waals surface area contributed by atoms with Crippen LogP contribution >= 0.6 is 0 Å². The number of benzene rings is 3. The van der Waals surface area contributed by atoms with Gasteiger partial charge in [-0.15, -0.1) is 0 Å². The molecule has 1 saturated heterocycles. The van der Waals surface area contributed by atoms with Crippen molar-refractivity contribution < 1.29 is 22.7 Å². The molecule has 1 fully saturated rings. The molecule has 196 valence electrons. The van der Waals surface area contributed by atoms with Crippen molar-refractivity contribution in [1.29, 1.82) is 0 Å². The fourth-order valence-corrected chi connectivity index (χ4v) is 5.67. The number of rotatable bonds is 7. The fourth-order valence-electron chi connectivity index (χ4n) is 4.62. The monoisotopic (exact) mass is 534 g/mol. The van der Waals surface area contributed by atoms with Gasteiger partial charge in [0, 0.05) is 37.3 Å².